The highest BCUT2D eigenvalue weighted by Crippen LogP contribution is 2.14. The summed E-state index contributed by atoms with van der Waals surface area (Å²) in [7, 11) is 1.44. The van der Waals surface area contributed by atoms with Crippen LogP contribution in [0.5, 0.6) is 0 Å². The maximum Gasteiger partial charge on any atom is 0.199 e. The van der Waals surface area contributed by atoms with Crippen molar-refractivity contribution in [1.82, 2.24) is 5.32 Å². The first kappa shape index (κ1) is 10.2. The van der Waals surface area contributed by atoms with Gasteiger partial charge in [-0.05, 0) is 13.3 Å². The molecule has 1 aliphatic rings. The van der Waals surface area contributed by atoms with E-state index in [1.165, 1.54) is 7.11 Å². The SMILES string of the molecule is CCC1(C)C=NC(C(O)OC)=CN1. The van der Waals surface area contributed by atoms with E-state index < -0.39 is 6.29 Å². The highest BCUT2D eigenvalue weighted by Gasteiger charge is 2.22. The van der Waals surface area contributed by atoms with Crippen molar-refractivity contribution in [3.05, 3.63) is 11.9 Å². The van der Waals surface area contributed by atoms with Crippen LogP contribution in [0.2, 0.25) is 0 Å². The molecule has 0 spiro atoms. The molecular formula is C9H16N2O2. The molecule has 1 heterocycles. The van der Waals surface area contributed by atoms with Gasteiger partial charge in [0.2, 0.25) is 0 Å². The lowest BCUT2D eigenvalue weighted by atomic mass is 10.00. The van der Waals surface area contributed by atoms with Crippen LogP contribution in [-0.4, -0.2) is 30.3 Å². The Morgan fingerprint density at radius 1 is 1.77 bits per heavy atom. The molecule has 4 nitrogen and oxygen atoms in total. The minimum Gasteiger partial charge on any atom is -0.379 e. The van der Waals surface area contributed by atoms with Gasteiger partial charge in [0.1, 0.15) is 5.70 Å². The monoisotopic (exact) mass is 184 g/mol. The fourth-order valence-electron chi connectivity index (χ4n) is 0.979. The topological polar surface area (TPSA) is 53.9 Å². The first-order valence-electron chi connectivity index (χ1n) is 4.35. The molecule has 2 atom stereocenters. The van der Waals surface area contributed by atoms with E-state index in [0.29, 0.717) is 5.70 Å². The molecule has 2 unspecified atom stereocenters. The summed E-state index contributed by atoms with van der Waals surface area (Å²) in [5.41, 5.74) is 0.408. The number of nitrogens with zero attached hydrogens (tertiary/aromatic N) is 1. The number of aliphatic hydroxyl groups is 1. The highest BCUT2D eigenvalue weighted by molar-refractivity contribution is 5.72. The van der Waals surface area contributed by atoms with Gasteiger partial charge >= 0.3 is 0 Å². The van der Waals surface area contributed by atoms with E-state index >= 15 is 0 Å². The minimum absolute atomic E-state index is 0.100. The van der Waals surface area contributed by atoms with E-state index in [4.69, 9.17) is 4.74 Å². The van der Waals surface area contributed by atoms with Crippen molar-refractivity contribution in [2.24, 2.45) is 4.99 Å². The van der Waals surface area contributed by atoms with Crippen molar-refractivity contribution in [1.29, 1.82) is 0 Å². The average Bonchev–Trinajstić information content (AvgIpc) is 2.18. The van der Waals surface area contributed by atoms with Gasteiger partial charge in [-0.2, -0.15) is 0 Å². The van der Waals surface area contributed by atoms with E-state index in [-0.39, 0.29) is 5.54 Å². The van der Waals surface area contributed by atoms with Crippen LogP contribution in [0.4, 0.5) is 0 Å². The summed E-state index contributed by atoms with van der Waals surface area (Å²) in [5.74, 6) is 0. The number of aliphatic imine (C=N–C) groups is 1. The van der Waals surface area contributed by atoms with Gasteiger partial charge in [-0.15, -0.1) is 0 Å². The Hall–Kier alpha value is -0.870. The van der Waals surface area contributed by atoms with Gasteiger partial charge in [0.15, 0.2) is 6.29 Å². The van der Waals surface area contributed by atoms with Crippen LogP contribution in [0.25, 0.3) is 0 Å². The minimum atomic E-state index is -0.940. The zero-order valence-electron chi connectivity index (χ0n) is 8.24. The summed E-state index contributed by atoms with van der Waals surface area (Å²) in [6.07, 6.45) is 3.50. The van der Waals surface area contributed by atoms with Crippen LogP contribution in [0.15, 0.2) is 16.9 Å². The molecule has 0 aromatic heterocycles. The molecular weight excluding hydrogens is 168 g/mol. The maximum atomic E-state index is 9.28. The molecule has 1 rings (SSSR count). The summed E-state index contributed by atoms with van der Waals surface area (Å²) in [4.78, 5) is 4.12. The Labute approximate surface area is 78.3 Å². The average molecular weight is 184 g/mol. The lowest BCUT2D eigenvalue weighted by molar-refractivity contribution is -0.0459. The number of nitrogens with one attached hydrogen (secondary N) is 1. The largest absolute Gasteiger partial charge is 0.379 e. The first-order valence-corrected chi connectivity index (χ1v) is 4.35. The van der Waals surface area contributed by atoms with Crippen LogP contribution in [0.1, 0.15) is 20.3 Å². The molecule has 74 valence electrons. The summed E-state index contributed by atoms with van der Waals surface area (Å²) in [6.45, 7) is 4.12. The predicted molar refractivity (Wildman–Crippen MR) is 51.4 cm³/mol. The second-order valence-corrected chi connectivity index (χ2v) is 3.33. The third-order valence-corrected chi connectivity index (χ3v) is 2.26. The Kier molecular flexibility index (Phi) is 3.06. The molecule has 0 aromatic carbocycles. The smallest absolute Gasteiger partial charge is 0.199 e. The molecule has 0 aliphatic carbocycles. The number of hydrogen-bond acceptors (Lipinski definition) is 4. The Morgan fingerprint density at radius 2 is 2.46 bits per heavy atom. The first-order chi connectivity index (χ1) is 6.11. The number of ether oxygens (including phenoxy) is 1. The van der Waals surface area contributed by atoms with E-state index in [2.05, 4.69) is 17.2 Å². The molecule has 0 bridgehead atoms. The third-order valence-electron chi connectivity index (χ3n) is 2.26. The fourth-order valence-corrected chi connectivity index (χ4v) is 0.979. The Bertz CT molecular complexity index is 238. The fraction of sp³-hybridized carbons (Fsp3) is 0.667. The van der Waals surface area contributed by atoms with Gasteiger partial charge in [0.25, 0.3) is 0 Å². The normalized spacial score (nSPS) is 29.4. The number of aliphatic hydroxyl groups excluding tert-OH is 1. The van der Waals surface area contributed by atoms with Crippen molar-refractivity contribution in [3.8, 4) is 0 Å². The quantitative estimate of drug-likeness (QED) is 0.633. The molecule has 4 heteroatoms. The van der Waals surface area contributed by atoms with Gasteiger partial charge in [-0.3, -0.25) is 4.99 Å². The van der Waals surface area contributed by atoms with E-state index in [0.717, 1.165) is 6.42 Å². The van der Waals surface area contributed by atoms with Crippen LogP contribution in [-0.2, 0) is 4.74 Å². The summed E-state index contributed by atoms with van der Waals surface area (Å²) >= 11 is 0. The summed E-state index contributed by atoms with van der Waals surface area (Å²) < 4.78 is 4.72. The van der Waals surface area contributed by atoms with Crippen molar-refractivity contribution < 1.29 is 9.84 Å². The van der Waals surface area contributed by atoms with Crippen LogP contribution >= 0.6 is 0 Å². The highest BCUT2D eigenvalue weighted by atomic mass is 16.6. The Balaban J connectivity index is 2.64. The van der Waals surface area contributed by atoms with E-state index in [9.17, 15) is 5.11 Å². The molecule has 0 aromatic rings. The van der Waals surface area contributed by atoms with Crippen LogP contribution < -0.4 is 5.32 Å². The molecule has 0 amide bonds. The Morgan fingerprint density at radius 3 is 2.85 bits per heavy atom. The van der Waals surface area contributed by atoms with E-state index in [1.807, 2.05) is 6.92 Å². The second kappa shape index (κ2) is 3.89. The van der Waals surface area contributed by atoms with Crippen molar-refractivity contribution >= 4 is 6.21 Å². The van der Waals surface area contributed by atoms with Gasteiger partial charge in [0.05, 0.1) is 5.54 Å². The summed E-state index contributed by atoms with van der Waals surface area (Å²) in [5, 5.41) is 12.4. The summed E-state index contributed by atoms with van der Waals surface area (Å²) in [6, 6.07) is 0. The zero-order valence-corrected chi connectivity index (χ0v) is 8.24. The maximum absolute atomic E-state index is 9.28. The second-order valence-electron chi connectivity index (χ2n) is 3.33. The molecule has 0 fully saturated rings. The predicted octanol–water partition coefficient (Wildman–Crippen LogP) is 0.635. The molecule has 0 saturated carbocycles. The number of rotatable bonds is 3. The van der Waals surface area contributed by atoms with Crippen molar-refractivity contribution in [2.45, 2.75) is 32.1 Å². The number of hydrogen-bond donors (Lipinski definition) is 2. The lowest BCUT2D eigenvalue weighted by Crippen LogP contribution is -2.42. The van der Waals surface area contributed by atoms with Gasteiger partial charge in [-0.1, -0.05) is 6.92 Å². The molecule has 2 N–H and O–H groups in total. The molecule has 1 aliphatic heterocycles. The zero-order chi connectivity index (χ0) is 9.90. The standard InChI is InChI=1S/C9H16N2O2/c1-4-9(2)6-10-7(5-11-9)8(12)13-3/h5-6,8,11-12H,4H2,1-3H3. The molecule has 0 saturated heterocycles. The van der Waals surface area contributed by atoms with Gasteiger partial charge in [0, 0.05) is 19.5 Å². The molecule has 0 radical (unpaired) electrons. The van der Waals surface area contributed by atoms with Crippen molar-refractivity contribution in [2.75, 3.05) is 7.11 Å². The lowest BCUT2D eigenvalue weighted by Gasteiger charge is -2.28. The van der Waals surface area contributed by atoms with Gasteiger partial charge in [-0.25, -0.2) is 0 Å². The third kappa shape index (κ3) is 2.29. The van der Waals surface area contributed by atoms with E-state index in [1.54, 1.807) is 12.4 Å². The van der Waals surface area contributed by atoms with Crippen LogP contribution in [0.3, 0.4) is 0 Å². The molecule has 13 heavy (non-hydrogen) atoms. The number of methoxy groups -OCH3 is 1. The van der Waals surface area contributed by atoms with Crippen molar-refractivity contribution in [3.63, 3.8) is 0 Å². The van der Waals surface area contributed by atoms with Gasteiger partial charge < -0.3 is 15.2 Å². The van der Waals surface area contributed by atoms with Crippen LogP contribution in [0, 0.1) is 0 Å².